The Morgan fingerprint density at radius 1 is 1.19 bits per heavy atom. The number of piperazine rings is 1. The fourth-order valence-electron chi connectivity index (χ4n) is 5.00. The quantitative estimate of drug-likeness (QED) is 0.522. The number of carbonyl (C=O) groups excluding carboxylic acids is 1. The van der Waals surface area contributed by atoms with Crippen LogP contribution in [0, 0.1) is 5.92 Å². The van der Waals surface area contributed by atoms with Crippen LogP contribution in [0.3, 0.4) is 0 Å². The van der Waals surface area contributed by atoms with Crippen LogP contribution in [0.4, 0.5) is 5.69 Å². The maximum Gasteiger partial charge on any atom is 0.264 e. The second-order valence-electron chi connectivity index (χ2n) is 9.47. The van der Waals surface area contributed by atoms with Gasteiger partial charge in [0.1, 0.15) is 4.90 Å². The van der Waals surface area contributed by atoms with Crippen LogP contribution in [0.1, 0.15) is 23.7 Å². The number of pyridine rings is 1. The number of halogens is 1. The first-order valence-electron chi connectivity index (χ1n) is 12.1. The Kier molecular flexibility index (Phi) is 7.16. The van der Waals surface area contributed by atoms with Crippen LogP contribution in [-0.2, 0) is 14.8 Å². The number of sulfonamides is 1. The van der Waals surface area contributed by atoms with E-state index in [0.717, 1.165) is 44.7 Å². The van der Waals surface area contributed by atoms with Gasteiger partial charge in [-0.2, -0.15) is 0 Å². The van der Waals surface area contributed by atoms with Crippen molar-refractivity contribution in [3.8, 4) is 0 Å². The van der Waals surface area contributed by atoms with E-state index in [0.29, 0.717) is 23.5 Å². The lowest BCUT2D eigenvalue weighted by Gasteiger charge is -2.40. The van der Waals surface area contributed by atoms with Gasteiger partial charge in [-0.3, -0.25) is 19.4 Å². The van der Waals surface area contributed by atoms with Gasteiger partial charge in [0.2, 0.25) is 0 Å². The number of nitrogens with zero attached hydrogens (tertiary/aromatic N) is 3. The fraction of sp³-hybridized carbons (Fsp3) is 0.385. The Balaban J connectivity index is 1.28. The number of hydrogen-bond donors (Lipinski definition) is 1. The van der Waals surface area contributed by atoms with Crippen molar-refractivity contribution in [3.63, 3.8) is 0 Å². The minimum absolute atomic E-state index is 0.0432. The zero-order chi connectivity index (χ0) is 25.3. The highest BCUT2D eigenvalue weighted by Gasteiger charge is 2.31. The summed E-state index contributed by atoms with van der Waals surface area (Å²) in [6, 6.07) is 13.2. The maximum absolute atomic E-state index is 13.3. The zero-order valence-electron chi connectivity index (χ0n) is 20.1. The zero-order valence-corrected chi connectivity index (χ0v) is 21.6. The summed E-state index contributed by atoms with van der Waals surface area (Å²) in [5, 5.41) is 0.930. The number of fused-ring (bicyclic) bond motifs is 1. The average molecular weight is 529 g/mol. The molecule has 2 aliphatic rings. The smallest absolute Gasteiger partial charge is 0.264 e. The van der Waals surface area contributed by atoms with E-state index >= 15 is 0 Å². The normalized spacial score (nSPS) is 21.1. The number of aromatic nitrogens is 1. The van der Waals surface area contributed by atoms with Crippen molar-refractivity contribution in [1.82, 2.24) is 14.8 Å². The van der Waals surface area contributed by atoms with Crippen molar-refractivity contribution in [3.05, 3.63) is 65.3 Å². The van der Waals surface area contributed by atoms with Crippen LogP contribution in [0.2, 0.25) is 5.02 Å². The van der Waals surface area contributed by atoms with Gasteiger partial charge < -0.3 is 9.64 Å². The topological polar surface area (TPSA) is 91.8 Å². The summed E-state index contributed by atoms with van der Waals surface area (Å²) in [5.41, 5.74) is 1.02. The molecule has 2 atom stereocenters. The number of carbonyl (C=O) groups is 1. The molecule has 1 unspecified atom stereocenters. The van der Waals surface area contributed by atoms with Gasteiger partial charge >= 0.3 is 0 Å². The van der Waals surface area contributed by atoms with Crippen LogP contribution in [0.15, 0.2) is 59.6 Å². The van der Waals surface area contributed by atoms with Gasteiger partial charge in [-0.05, 0) is 49.6 Å². The molecule has 1 aromatic heterocycles. The summed E-state index contributed by atoms with van der Waals surface area (Å²) >= 11 is 6.48. The summed E-state index contributed by atoms with van der Waals surface area (Å²) in [7, 11) is -3.92. The fourth-order valence-corrected chi connectivity index (χ4v) is 6.49. The van der Waals surface area contributed by atoms with E-state index in [4.69, 9.17) is 16.3 Å². The second kappa shape index (κ2) is 10.3. The molecular formula is C26H29ClN4O4S. The van der Waals surface area contributed by atoms with Crippen molar-refractivity contribution in [2.75, 3.05) is 44.1 Å². The van der Waals surface area contributed by atoms with Crippen molar-refractivity contribution >= 4 is 44.1 Å². The van der Waals surface area contributed by atoms with E-state index in [2.05, 4.69) is 14.6 Å². The van der Waals surface area contributed by atoms with Crippen LogP contribution in [0.5, 0.6) is 0 Å². The molecule has 36 heavy (non-hydrogen) atoms. The van der Waals surface area contributed by atoms with Gasteiger partial charge in [-0.1, -0.05) is 29.8 Å². The number of hydrogen-bond acceptors (Lipinski definition) is 6. The van der Waals surface area contributed by atoms with Gasteiger partial charge in [0.25, 0.3) is 15.9 Å². The molecule has 2 fully saturated rings. The Hall–Kier alpha value is -2.72. The predicted molar refractivity (Wildman–Crippen MR) is 140 cm³/mol. The van der Waals surface area contributed by atoms with Crippen LogP contribution in [-0.4, -0.2) is 74.5 Å². The Labute approximate surface area is 216 Å². The Morgan fingerprint density at radius 2 is 2.03 bits per heavy atom. The molecule has 5 rings (SSSR count). The summed E-state index contributed by atoms with van der Waals surface area (Å²) < 4.78 is 34.3. The SMILES string of the molecule is C[C@H]1CN(CC2CCOC2)CCN1C(=O)c1ccc(NS(=O)(=O)c2cccc3cccnc23)cc1Cl. The molecule has 8 nitrogen and oxygen atoms in total. The highest BCUT2D eigenvalue weighted by atomic mass is 35.5. The van der Waals surface area contributed by atoms with Crippen molar-refractivity contribution < 1.29 is 17.9 Å². The molecule has 3 heterocycles. The van der Waals surface area contributed by atoms with Crippen LogP contribution >= 0.6 is 11.6 Å². The third kappa shape index (κ3) is 5.20. The van der Waals surface area contributed by atoms with Crippen molar-refractivity contribution in [2.24, 2.45) is 5.92 Å². The van der Waals surface area contributed by atoms with Gasteiger partial charge in [0.05, 0.1) is 28.4 Å². The third-order valence-corrected chi connectivity index (χ3v) is 8.58. The Morgan fingerprint density at radius 3 is 2.78 bits per heavy atom. The second-order valence-corrected chi connectivity index (χ2v) is 11.5. The third-order valence-electron chi connectivity index (χ3n) is 6.85. The highest BCUT2D eigenvalue weighted by molar-refractivity contribution is 7.93. The molecule has 0 saturated carbocycles. The molecule has 10 heteroatoms. The lowest BCUT2D eigenvalue weighted by molar-refractivity contribution is 0.0452. The molecular weight excluding hydrogens is 500 g/mol. The molecule has 190 valence electrons. The van der Waals surface area contributed by atoms with E-state index in [9.17, 15) is 13.2 Å². The first kappa shape index (κ1) is 25.0. The largest absolute Gasteiger partial charge is 0.381 e. The minimum atomic E-state index is -3.92. The summed E-state index contributed by atoms with van der Waals surface area (Å²) in [5.74, 6) is 0.416. The van der Waals surface area contributed by atoms with E-state index < -0.39 is 10.0 Å². The molecule has 0 radical (unpaired) electrons. The molecule has 0 aliphatic carbocycles. The van der Waals surface area contributed by atoms with E-state index in [1.54, 1.807) is 30.5 Å². The summed E-state index contributed by atoms with van der Waals surface area (Å²) in [6.07, 6.45) is 2.65. The maximum atomic E-state index is 13.3. The van der Waals surface area contributed by atoms with Gasteiger partial charge in [-0.15, -0.1) is 0 Å². The first-order chi connectivity index (χ1) is 17.3. The number of anilines is 1. The molecule has 2 aliphatic heterocycles. The molecule has 1 N–H and O–H groups in total. The number of rotatable bonds is 6. The molecule has 2 aromatic carbocycles. The van der Waals surface area contributed by atoms with Crippen LogP contribution in [0.25, 0.3) is 10.9 Å². The Bertz CT molecular complexity index is 1370. The van der Waals surface area contributed by atoms with E-state index in [1.165, 1.54) is 12.1 Å². The van der Waals surface area contributed by atoms with E-state index in [-0.39, 0.29) is 27.6 Å². The number of nitrogens with one attached hydrogen (secondary N) is 1. The first-order valence-corrected chi connectivity index (χ1v) is 13.9. The van der Waals surface area contributed by atoms with Gasteiger partial charge in [0.15, 0.2) is 0 Å². The van der Waals surface area contributed by atoms with Gasteiger partial charge in [-0.25, -0.2) is 8.42 Å². The lowest BCUT2D eigenvalue weighted by atomic mass is 10.1. The van der Waals surface area contributed by atoms with Crippen LogP contribution < -0.4 is 4.72 Å². The molecule has 1 amide bonds. The summed E-state index contributed by atoms with van der Waals surface area (Å²) in [4.78, 5) is 21.9. The lowest BCUT2D eigenvalue weighted by Crippen LogP contribution is -2.54. The van der Waals surface area contributed by atoms with Gasteiger partial charge in [0, 0.05) is 50.4 Å². The number of para-hydroxylation sites is 1. The van der Waals surface area contributed by atoms with Crippen molar-refractivity contribution in [2.45, 2.75) is 24.3 Å². The van der Waals surface area contributed by atoms with Crippen molar-refractivity contribution in [1.29, 1.82) is 0 Å². The highest BCUT2D eigenvalue weighted by Crippen LogP contribution is 2.28. The number of ether oxygens (including phenoxy) is 1. The standard InChI is InChI=1S/C26H29ClN4O4S/c1-18-15-30(16-19-9-13-35-17-19)11-12-31(18)26(32)22-8-7-21(14-23(22)27)29-36(33,34)24-6-2-4-20-5-3-10-28-25(20)24/h2-8,10,14,18-19,29H,9,11-13,15-17H2,1H3/t18-,19?/m0/s1. The molecule has 2 saturated heterocycles. The molecule has 0 bridgehead atoms. The molecule has 3 aromatic rings. The monoisotopic (exact) mass is 528 g/mol. The number of amides is 1. The number of benzene rings is 2. The average Bonchev–Trinajstić information content (AvgIpc) is 3.36. The molecule has 0 spiro atoms. The minimum Gasteiger partial charge on any atom is -0.381 e. The summed E-state index contributed by atoms with van der Waals surface area (Å²) in [6.45, 7) is 6.92. The van der Waals surface area contributed by atoms with E-state index in [1.807, 2.05) is 24.0 Å². The predicted octanol–water partition coefficient (Wildman–Crippen LogP) is 3.87.